The summed E-state index contributed by atoms with van der Waals surface area (Å²) in [5.74, 6) is 0.793. The largest absolute Gasteiger partial charge is 0.299 e. The van der Waals surface area contributed by atoms with E-state index in [1.54, 1.807) is 11.1 Å². The number of hydrogen-bond acceptors (Lipinski definition) is 1. The van der Waals surface area contributed by atoms with E-state index in [0.717, 1.165) is 5.92 Å². The number of hydrogen-bond donors (Lipinski definition) is 0. The predicted octanol–water partition coefficient (Wildman–Crippen LogP) is 3.07. The highest BCUT2D eigenvalue weighted by Gasteiger charge is 2.15. The van der Waals surface area contributed by atoms with E-state index in [1.807, 2.05) is 0 Å². The van der Waals surface area contributed by atoms with Gasteiger partial charge in [-0.25, -0.2) is 0 Å². The van der Waals surface area contributed by atoms with Gasteiger partial charge in [0.2, 0.25) is 0 Å². The van der Waals surface area contributed by atoms with E-state index in [0.29, 0.717) is 0 Å². The average molecular weight is 181 g/mol. The molecule has 76 valence electrons. The van der Waals surface area contributed by atoms with E-state index >= 15 is 0 Å². The quantitative estimate of drug-likeness (QED) is 0.592. The second kappa shape index (κ2) is 4.80. The highest BCUT2D eigenvalue weighted by Crippen LogP contribution is 2.22. The Morgan fingerprint density at radius 1 is 1.38 bits per heavy atom. The lowest BCUT2D eigenvalue weighted by molar-refractivity contribution is 0.291. The zero-order chi connectivity index (χ0) is 9.84. The Morgan fingerprint density at radius 2 is 2.08 bits per heavy atom. The van der Waals surface area contributed by atoms with Gasteiger partial charge in [-0.2, -0.15) is 0 Å². The molecular weight excluding hydrogens is 158 g/mol. The summed E-state index contributed by atoms with van der Waals surface area (Å²) in [6, 6.07) is 0. The average Bonchev–Trinajstić information content (AvgIpc) is 2.21. The lowest BCUT2D eigenvalue weighted by Gasteiger charge is -2.19. The summed E-state index contributed by atoms with van der Waals surface area (Å²) >= 11 is 0. The van der Waals surface area contributed by atoms with Crippen molar-refractivity contribution in [2.75, 3.05) is 19.6 Å². The van der Waals surface area contributed by atoms with Crippen molar-refractivity contribution in [3.05, 3.63) is 11.1 Å². The molecule has 0 aromatic carbocycles. The van der Waals surface area contributed by atoms with Gasteiger partial charge < -0.3 is 0 Å². The van der Waals surface area contributed by atoms with Crippen molar-refractivity contribution in [1.29, 1.82) is 0 Å². The molecule has 0 aliphatic carbocycles. The van der Waals surface area contributed by atoms with Crippen LogP contribution in [-0.2, 0) is 0 Å². The van der Waals surface area contributed by atoms with Crippen LogP contribution in [0.5, 0.6) is 0 Å². The Morgan fingerprint density at radius 3 is 2.69 bits per heavy atom. The Bertz CT molecular complexity index is 193. The molecule has 0 aromatic heterocycles. The first kappa shape index (κ1) is 10.8. The fourth-order valence-electron chi connectivity index (χ4n) is 2.06. The van der Waals surface area contributed by atoms with Crippen LogP contribution in [0.4, 0.5) is 0 Å². The molecular formula is C12H23N. The van der Waals surface area contributed by atoms with Gasteiger partial charge in [-0.15, -0.1) is 0 Å². The van der Waals surface area contributed by atoms with Gasteiger partial charge in [0.1, 0.15) is 0 Å². The molecule has 1 unspecified atom stereocenters. The molecule has 1 atom stereocenters. The van der Waals surface area contributed by atoms with Crippen LogP contribution in [0, 0.1) is 5.92 Å². The van der Waals surface area contributed by atoms with Gasteiger partial charge in [-0.3, -0.25) is 4.90 Å². The maximum atomic E-state index is 2.59. The molecule has 0 aromatic rings. The van der Waals surface area contributed by atoms with Crippen LogP contribution in [0.15, 0.2) is 11.1 Å². The molecule has 0 amide bonds. The molecule has 0 radical (unpaired) electrons. The third kappa shape index (κ3) is 2.84. The van der Waals surface area contributed by atoms with Gasteiger partial charge in [0.25, 0.3) is 0 Å². The molecule has 1 rings (SSSR count). The van der Waals surface area contributed by atoms with E-state index in [2.05, 4.69) is 32.6 Å². The number of allylic oxidation sites excluding steroid dienone is 1. The predicted molar refractivity (Wildman–Crippen MR) is 58.9 cm³/mol. The maximum Gasteiger partial charge on any atom is 0.0192 e. The van der Waals surface area contributed by atoms with E-state index in [9.17, 15) is 0 Å². The first-order chi connectivity index (χ1) is 6.15. The van der Waals surface area contributed by atoms with Crippen LogP contribution in [0.3, 0.4) is 0 Å². The van der Waals surface area contributed by atoms with Gasteiger partial charge in [0.15, 0.2) is 0 Å². The standard InChI is InChI=1S/C12H23N/c1-5-7-13-8-6-10(2)12(4)11(3)9-13/h10H,5-9H2,1-4H3. The molecule has 1 aliphatic rings. The van der Waals surface area contributed by atoms with Crippen molar-refractivity contribution < 1.29 is 0 Å². The van der Waals surface area contributed by atoms with E-state index in [4.69, 9.17) is 0 Å². The molecule has 0 fully saturated rings. The van der Waals surface area contributed by atoms with Crippen LogP contribution in [0.1, 0.15) is 40.5 Å². The summed E-state index contributed by atoms with van der Waals surface area (Å²) in [5, 5.41) is 0. The SMILES string of the molecule is CCCN1CCC(C)C(C)=C(C)C1. The van der Waals surface area contributed by atoms with Crippen LogP contribution in [-0.4, -0.2) is 24.5 Å². The summed E-state index contributed by atoms with van der Waals surface area (Å²) in [4.78, 5) is 2.59. The van der Waals surface area contributed by atoms with Gasteiger partial charge in [-0.1, -0.05) is 25.0 Å². The van der Waals surface area contributed by atoms with Crippen LogP contribution < -0.4 is 0 Å². The molecule has 0 bridgehead atoms. The molecule has 0 spiro atoms. The Kier molecular flexibility index (Phi) is 3.98. The van der Waals surface area contributed by atoms with Gasteiger partial charge >= 0.3 is 0 Å². The third-order valence-electron chi connectivity index (χ3n) is 3.29. The molecule has 13 heavy (non-hydrogen) atoms. The number of nitrogens with zero attached hydrogens (tertiary/aromatic N) is 1. The normalized spacial score (nSPS) is 26.3. The lowest BCUT2D eigenvalue weighted by atomic mass is 9.97. The second-order valence-corrected chi connectivity index (χ2v) is 4.43. The van der Waals surface area contributed by atoms with Crippen molar-refractivity contribution in [3.63, 3.8) is 0 Å². The zero-order valence-corrected chi connectivity index (χ0v) is 9.56. The summed E-state index contributed by atoms with van der Waals surface area (Å²) in [7, 11) is 0. The highest BCUT2D eigenvalue weighted by molar-refractivity contribution is 5.15. The van der Waals surface area contributed by atoms with Crippen molar-refractivity contribution in [1.82, 2.24) is 4.90 Å². The smallest absolute Gasteiger partial charge is 0.0192 e. The Hall–Kier alpha value is -0.300. The first-order valence-corrected chi connectivity index (χ1v) is 5.53. The van der Waals surface area contributed by atoms with E-state index in [1.165, 1.54) is 32.5 Å². The molecule has 1 heterocycles. The molecule has 0 saturated carbocycles. The lowest BCUT2D eigenvalue weighted by Crippen LogP contribution is -2.26. The summed E-state index contributed by atoms with van der Waals surface area (Å²) in [6.07, 6.45) is 2.61. The summed E-state index contributed by atoms with van der Waals surface area (Å²) in [6.45, 7) is 13.0. The maximum absolute atomic E-state index is 2.59. The van der Waals surface area contributed by atoms with E-state index < -0.39 is 0 Å². The minimum absolute atomic E-state index is 0.793. The highest BCUT2D eigenvalue weighted by atomic mass is 15.1. The molecule has 1 heteroatoms. The fraction of sp³-hybridized carbons (Fsp3) is 0.833. The van der Waals surface area contributed by atoms with E-state index in [-0.39, 0.29) is 0 Å². The molecule has 1 nitrogen and oxygen atoms in total. The topological polar surface area (TPSA) is 3.24 Å². The number of rotatable bonds is 2. The van der Waals surface area contributed by atoms with Crippen molar-refractivity contribution >= 4 is 0 Å². The molecule has 1 aliphatic heterocycles. The van der Waals surface area contributed by atoms with Crippen LogP contribution in [0.2, 0.25) is 0 Å². The Balaban J connectivity index is 2.62. The molecule has 0 N–H and O–H groups in total. The second-order valence-electron chi connectivity index (χ2n) is 4.43. The van der Waals surface area contributed by atoms with Gasteiger partial charge in [0.05, 0.1) is 0 Å². The van der Waals surface area contributed by atoms with Crippen LogP contribution >= 0.6 is 0 Å². The van der Waals surface area contributed by atoms with Crippen molar-refractivity contribution in [2.24, 2.45) is 5.92 Å². The van der Waals surface area contributed by atoms with Gasteiger partial charge in [-0.05, 0) is 45.7 Å². The summed E-state index contributed by atoms with van der Waals surface area (Å²) < 4.78 is 0. The van der Waals surface area contributed by atoms with Crippen LogP contribution in [0.25, 0.3) is 0 Å². The minimum atomic E-state index is 0.793. The minimum Gasteiger partial charge on any atom is -0.299 e. The monoisotopic (exact) mass is 181 g/mol. The summed E-state index contributed by atoms with van der Waals surface area (Å²) in [5.41, 5.74) is 3.22. The fourth-order valence-corrected chi connectivity index (χ4v) is 2.06. The third-order valence-corrected chi connectivity index (χ3v) is 3.29. The van der Waals surface area contributed by atoms with Crippen molar-refractivity contribution in [2.45, 2.75) is 40.5 Å². The molecule has 0 saturated heterocycles. The van der Waals surface area contributed by atoms with Crippen molar-refractivity contribution in [3.8, 4) is 0 Å². The first-order valence-electron chi connectivity index (χ1n) is 5.53. The zero-order valence-electron chi connectivity index (χ0n) is 9.56. The Labute approximate surface area is 82.8 Å². The van der Waals surface area contributed by atoms with Gasteiger partial charge in [0, 0.05) is 6.54 Å².